The minimum absolute atomic E-state index is 0.0139. The summed E-state index contributed by atoms with van der Waals surface area (Å²) >= 11 is 0. The third-order valence-electron chi connectivity index (χ3n) is 0.812. The van der Waals surface area contributed by atoms with Gasteiger partial charge in [-0.15, -0.1) is 0 Å². The molecule has 0 fully saturated rings. The summed E-state index contributed by atoms with van der Waals surface area (Å²) in [5, 5.41) is 4.83. The molecule has 0 aromatic heterocycles. The van der Waals surface area contributed by atoms with E-state index in [1.54, 1.807) is 7.05 Å². The number of hydrogen-bond donors (Lipinski definition) is 0. The standard InChI is InChI=1S/C4H5N2O/c1-6-4(7)2-3-5-6/h2H2,1H3. The van der Waals surface area contributed by atoms with Crippen LogP contribution >= 0.6 is 0 Å². The highest BCUT2D eigenvalue weighted by Gasteiger charge is 2.10. The lowest BCUT2D eigenvalue weighted by atomic mass is 10.5. The lowest BCUT2D eigenvalue weighted by Gasteiger charge is -1.98. The second-order valence-corrected chi connectivity index (χ2v) is 1.35. The molecule has 0 bridgehead atoms. The molecule has 0 N–H and O–H groups in total. The van der Waals surface area contributed by atoms with Crippen LogP contribution in [-0.4, -0.2) is 24.2 Å². The van der Waals surface area contributed by atoms with E-state index in [-0.39, 0.29) is 5.91 Å². The minimum Gasteiger partial charge on any atom is -0.273 e. The van der Waals surface area contributed by atoms with Gasteiger partial charge in [-0.25, -0.2) is 5.01 Å². The van der Waals surface area contributed by atoms with Gasteiger partial charge in [0.05, 0.1) is 12.6 Å². The molecule has 1 aliphatic rings. The summed E-state index contributed by atoms with van der Waals surface area (Å²) in [6.45, 7) is 0. The molecule has 3 heteroatoms. The Labute approximate surface area is 41.6 Å². The summed E-state index contributed by atoms with van der Waals surface area (Å²) in [5.41, 5.74) is 0. The van der Waals surface area contributed by atoms with Gasteiger partial charge in [-0.05, 0) is 0 Å². The van der Waals surface area contributed by atoms with Crippen molar-refractivity contribution in [3.05, 3.63) is 0 Å². The monoisotopic (exact) mass is 97.0 g/mol. The second kappa shape index (κ2) is 1.33. The molecule has 0 aromatic rings. The van der Waals surface area contributed by atoms with Crippen LogP contribution in [0.4, 0.5) is 0 Å². The molecule has 1 rings (SSSR count). The van der Waals surface area contributed by atoms with Crippen LogP contribution in [0.5, 0.6) is 0 Å². The normalized spacial score (nSPS) is 19.0. The van der Waals surface area contributed by atoms with Crippen molar-refractivity contribution in [2.24, 2.45) is 5.10 Å². The van der Waals surface area contributed by atoms with Crippen LogP contribution in [0.15, 0.2) is 5.10 Å². The maximum atomic E-state index is 10.3. The van der Waals surface area contributed by atoms with Gasteiger partial charge in [-0.1, -0.05) is 0 Å². The molecule has 1 heterocycles. The van der Waals surface area contributed by atoms with Crippen LogP contribution in [-0.2, 0) is 4.79 Å². The molecular weight excluding hydrogens is 92.1 g/mol. The highest BCUT2D eigenvalue weighted by atomic mass is 16.2. The number of carbonyl (C=O) groups excluding carboxylic acids is 1. The first-order valence-electron chi connectivity index (χ1n) is 2.01. The van der Waals surface area contributed by atoms with Crippen LogP contribution in [0.3, 0.4) is 0 Å². The van der Waals surface area contributed by atoms with Crippen molar-refractivity contribution in [1.29, 1.82) is 0 Å². The van der Waals surface area contributed by atoms with E-state index in [1.807, 2.05) is 0 Å². The Morgan fingerprint density at radius 3 is 2.86 bits per heavy atom. The van der Waals surface area contributed by atoms with E-state index in [2.05, 4.69) is 11.3 Å². The van der Waals surface area contributed by atoms with E-state index in [0.717, 1.165) is 0 Å². The van der Waals surface area contributed by atoms with E-state index in [1.165, 1.54) is 5.01 Å². The Morgan fingerprint density at radius 1 is 2.00 bits per heavy atom. The molecule has 0 unspecified atom stereocenters. The topological polar surface area (TPSA) is 32.7 Å². The molecule has 0 aliphatic carbocycles. The summed E-state index contributed by atoms with van der Waals surface area (Å²) in [7, 11) is 1.61. The first-order valence-corrected chi connectivity index (χ1v) is 2.01. The Hall–Kier alpha value is -0.860. The molecule has 1 aliphatic heterocycles. The second-order valence-electron chi connectivity index (χ2n) is 1.35. The number of hydrogen-bond acceptors (Lipinski definition) is 2. The van der Waals surface area contributed by atoms with Gasteiger partial charge < -0.3 is 0 Å². The fourth-order valence-electron chi connectivity index (χ4n) is 0.379. The molecule has 0 aromatic carbocycles. The molecule has 1 amide bonds. The van der Waals surface area contributed by atoms with Crippen molar-refractivity contribution in [3.8, 4) is 0 Å². The summed E-state index contributed by atoms with van der Waals surface area (Å²) in [4.78, 5) is 10.3. The Morgan fingerprint density at radius 2 is 2.71 bits per heavy atom. The van der Waals surface area contributed by atoms with E-state index in [9.17, 15) is 4.79 Å². The lowest BCUT2D eigenvalue weighted by Crippen LogP contribution is -2.13. The van der Waals surface area contributed by atoms with Crippen LogP contribution in [0.2, 0.25) is 0 Å². The zero-order valence-corrected chi connectivity index (χ0v) is 4.01. The Balaban J connectivity index is 2.62. The molecule has 37 valence electrons. The summed E-state index contributed by atoms with van der Waals surface area (Å²) in [6, 6.07) is 0. The smallest absolute Gasteiger partial charge is 0.248 e. The highest BCUT2D eigenvalue weighted by Crippen LogP contribution is 1.95. The van der Waals surface area contributed by atoms with Crippen LogP contribution in [0, 0.1) is 0 Å². The number of amides is 1. The summed E-state index contributed by atoms with van der Waals surface area (Å²) in [5.74, 6) is 0.0139. The van der Waals surface area contributed by atoms with Crippen molar-refractivity contribution in [3.63, 3.8) is 0 Å². The van der Waals surface area contributed by atoms with Crippen molar-refractivity contribution in [2.45, 2.75) is 6.42 Å². The zero-order valence-electron chi connectivity index (χ0n) is 4.01. The largest absolute Gasteiger partial charge is 0.273 e. The van der Waals surface area contributed by atoms with Crippen molar-refractivity contribution >= 4 is 12.1 Å². The minimum atomic E-state index is 0.0139. The Bertz CT molecular complexity index is 119. The lowest BCUT2D eigenvalue weighted by molar-refractivity contribution is -0.127. The zero-order chi connectivity index (χ0) is 5.28. The molecule has 0 atom stereocenters. The van der Waals surface area contributed by atoms with Crippen molar-refractivity contribution in [1.82, 2.24) is 5.01 Å². The van der Waals surface area contributed by atoms with E-state index < -0.39 is 0 Å². The first-order chi connectivity index (χ1) is 3.30. The average molecular weight is 97.1 g/mol. The maximum Gasteiger partial charge on any atom is 0.248 e. The third kappa shape index (κ3) is 0.607. The molecule has 0 saturated heterocycles. The average Bonchev–Trinajstić information content (AvgIpc) is 1.91. The van der Waals surface area contributed by atoms with Gasteiger partial charge in [0.25, 0.3) is 0 Å². The fourth-order valence-corrected chi connectivity index (χ4v) is 0.379. The molecule has 0 spiro atoms. The van der Waals surface area contributed by atoms with Gasteiger partial charge in [0.15, 0.2) is 0 Å². The van der Waals surface area contributed by atoms with Gasteiger partial charge in [-0.3, -0.25) is 4.79 Å². The number of carbonyl (C=O) groups is 1. The molecular formula is C4H5N2O. The first kappa shape index (κ1) is 4.30. The summed E-state index contributed by atoms with van der Waals surface area (Å²) < 4.78 is 0. The van der Waals surface area contributed by atoms with Crippen molar-refractivity contribution in [2.75, 3.05) is 7.05 Å². The van der Waals surface area contributed by atoms with Gasteiger partial charge in [0, 0.05) is 7.05 Å². The van der Waals surface area contributed by atoms with Gasteiger partial charge in [0.1, 0.15) is 0 Å². The Kier molecular flexibility index (Phi) is 0.817. The predicted octanol–water partition coefficient (Wildman–Crippen LogP) is -0.289. The van der Waals surface area contributed by atoms with E-state index in [0.29, 0.717) is 6.42 Å². The van der Waals surface area contributed by atoms with Crippen LogP contribution < -0.4 is 0 Å². The van der Waals surface area contributed by atoms with Crippen LogP contribution in [0.1, 0.15) is 6.42 Å². The van der Waals surface area contributed by atoms with E-state index >= 15 is 0 Å². The SMILES string of the molecule is CN1N=[C]CC1=O. The number of rotatable bonds is 0. The highest BCUT2D eigenvalue weighted by molar-refractivity contribution is 5.93. The summed E-state index contributed by atoms with van der Waals surface area (Å²) in [6.07, 6.45) is 2.87. The van der Waals surface area contributed by atoms with Crippen molar-refractivity contribution < 1.29 is 4.79 Å². The van der Waals surface area contributed by atoms with Gasteiger partial charge in [0.2, 0.25) is 5.91 Å². The molecule has 1 radical (unpaired) electrons. The number of nitrogens with zero attached hydrogens (tertiary/aromatic N) is 2. The fraction of sp³-hybridized carbons (Fsp3) is 0.500. The predicted molar refractivity (Wildman–Crippen MR) is 24.8 cm³/mol. The molecule has 7 heavy (non-hydrogen) atoms. The number of hydrazone groups is 1. The van der Waals surface area contributed by atoms with Gasteiger partial charge in [-0.2, -0.15) is 5.10 Å². The molecule has 3 nitrogen and oxygen atoms in total. The maximum absolute atomic E-state index is 10.3. The molecule has 0 saturated carbocycles. The van der Waals surface area contributed by atoms with E-state index in [4.69, 9.17) is 0 Å². The third-order valence-corrected chi connectivity index (χ3v) is 0.812. The quantitative estimate of drug-likeness (QED) is 0.409. The van der Waals surface area contributed by atoms with Gasteiger partial charge >= 0.3 is 0 Å². The van der Waals surface area contributed by atoms with Crippen LogP contribution in [0.25, 0.3) is 0 Å².